The number of nitrogens with zero attached hydrogens (tertiary/aromatic N) is 1. The molecule has 0 aliphatic carbocycles. The van der Waals surface area contributed by atoms with E-state index in [1.165, 1.54) is 38.4 Å². The van der Waals surface area contributed by atoms with Crippen LogP contribution in [0, 0.1) is 0 Å². The predicted octanol–water partition coefficient (Wildman–Crippen LogP) is 1.91. The molecule has 0 spiro atoms. The Hall–Kier alpha value is -2.55. The lowest BCUT2D eigenvalue weighted by molar-refractivity contribution is -0.0258. The third kappa shape index (κ3) is 4.50. The van der Waals surface area contributed by atoms with Gasteiger partial charge in [0.2, 0.25) is 0 Å². The van der Waals surface area contributed by atoms with Gasteiger partial charge in [0.05, 0.1) is 17.6 Å². The highest BCUT2D eigenvalue weighted by molar-refractivity contribution is 7.89. The lowest BCUT2D eigenvalue weighted by atomic mass is 10.1. The lowest BCUT2D eigenvalue weighted by Gasteiger charge is -2.14. The van der Waals surface area contributed by atoms with Gasteiger partial charge in [-0.25, -0.2) is 13.2 Å². The normalized spacial score (nSPS) is 11.3. The van der Waals surface area contributed by atoms with Gasteiger partial charge in [-0.05, 0) is 24.3 Å². The molecule has 0 radical (unpaired) electrons. The molecule has 2 aromatic carbocycles. The average molecular weight is 363 g/mol. The van der Waals surface area contributed by atoms with Gasteiger partial charge in [-0.2, -0.15) is 0 Å². The van der Waals surface area contributed by atoms with E-state index < -0.39 is 22.6 Å². The Kier molecular flexibility index (Phi) is 6.02. The van der Waals surface area contributed by atoms with Gasteiger partial charge < -0.3 is 4.74 Å². The third-order valence-corrected chi connectivity index (χ3v) is 5.11. The molecule has 0 saturated carbocycles. The molecule has 0 aliphatic heterocycles. The Morgan fingerprint density at radius 2 is 1.56 bits per heavy atom. The quantitative estimate of drug-likeness (QED) is 0.424. The van der Waals surface area contributed by atoms with Crippen molar-refractivity contribution in [2.45, 2.75) is 4.90 Å². The molecule has 0 heterocycles. The van der Waals surface area contributed by atoms with Crippen molar-refractivity contribution < 1.29 is 27.6 Å². The zero-order valence-corrected chi connectivity index (χ0v) is 14.5. The van der Waals surface area contributed by atoms with Crippen LogP contribution >= 0.6 is 0 Å². The second-order valence-corrected chi connectivity index (χ2v) is 6.92. The lowest BCUT2D eigenvalue weighted by Crippen LogP contribution is -2.25. The van der Waals surface area contributed by atoms with Crippen LogP contribution in [0.3, 0.4) is 0 Å². The largest absolute Gasteiger partial charge is 0.454 e. The average Bonchev–Trinajstić information content (AvgIpc) is 2.65. The Morgan fingerprint density at radius 1 is 0.960 bits per heavy atom. The molecule has 0 atom stereocenters. The van der Waals surface area contributed by atoms with Gasteiger partial charge in [0.15, 0.2) is 12.4 Å². The van der Waals surface area contributed by atoms with E-state index in [1.807, 2.05) is 0 Å². The van der Waals surface area contributed by atoms with Gasteiger partial charge in [0, 0.05) is 12.6 Å². The van der Waals surface area contributed by atoms with Crippen molar-refractivity contribution in [2.75, 3.05) is 20.8 Å². The Morgan fingerprint density at radius 3 is 2.12 bits per heavy atom. The van der Waals surface area contributed by atoms with Gasteiger partial charge in [-0.15, -0.1) is 0 Å². The van der Waals surface area contributed by atoms with Gasteiger partial charge in [-0.1, -0.05) is 34.8 Å². The third-order valence-electron chi connectivity index (χ3n) is 3.41. The number of hydrogen-bond donors (Lipinski definition) is 0. The van der Waals surface area contributed by atoms with Gasteiger partial charge in [-0.3, -0.25) is 9.63 Å². The maximum Gasteiger partial charge on any atom is 0.338 e. The predicted molar refractivity (Wildman–Crippen MR) is 89.5 cm³/mol. The van der Waals surface area contributed by atoms with E-state index in [-0.39, 0.29) is 16.2 Å². The number of rotatable bonds is 7. The van der Waals surface area contributed by atoms with Gasteiger partial charge in [0.1, 0.15) is 0 Å². The first kappa shape index (κ1) is 18.8. The maximum absolute atomic E-state index is 12.1. The minimum Gasteiger partial charge on any atom is -0.454 e. The highest BCUT2D eigenvalue weighted by Crippen LogP contribution is 2.15. The second kappa shape index (κ2) is 8.02. The molecule has 0 aliphatic rings. The van der Waals surface area contributed by atoms with E-state index in [0.29, 0.717) is 10.0 Å². The highest BCUT2D eigenvalue weighted by Gasteiger charge is 2.21. The molecular formula is C17H17NO6S. The van der Waals surface area contributed by atoms with Crippen LogP contribution in [0.25, 0.3) is 0 Å². The summed E-state index contributed by atoms with van der Waals surface area (Å²) >= 11 is 0. The molecule has 0 fully saturated rings. The maximum atomic E-state index is 12.1. The van der Waals surface area contributed by atoms with Crippen molar-refractivity contribution in [3.05, 3.63) is 65.7 Å². The molecule has 2 aromatic rings. The van der Waals surface area contributed by atoms with Gasteiger partial charge in [0.25, 0.3) is 10.0 Å². The molecule has 8 heteroatoms. The fourth-order valence-electron chi connectivity index (χ4n) is 1.93. The number of carbonyl (C=O) groups excluding carboxylic acids is 2. The van der Waals surface area contributed by atoms with Crippen LogP contribution in [-0.2, 0) is 19.6 Å². The number of sulfonamides is 1. The minimum absolute atomic E-state index is 0.0336. The monoisotopic (exact) mass is 363 g/mol. The first-order valence-corrected chi connectivity index (χ1v) is 8.68. The molecule has 132 valence electrons. The van der Waals surface area contributed by atoms with Crippen molar-refractivity contribution in [1.82, 2.24) is 4.47 Å². The van der Waals surface area contributed by atoms with Crippen molar-refractivity contribution >= 4 is 21.8 Å². The summed E-state index contributed by atoms with van der Waals surface area (Å²) in [5, 5.41) is 0. The number of carbonyl (C=O) groups is 2. The van der Waals surface area contributed by atoms with E-state index in [9.17, 15) is 18.0 Å². The van der Waals surface area contributed by atoms with Crippen molar-refractivity contribution in [2.24, 2.45) is 0 Å². The van der Waals surface area contributed by atoms with E-state index in [1.54, 1.807) is 30.3 Å². The number of ether oxygens (including phenoxy) is 1. The topological polar surface area (TPSA) is 90.0 Å². The van der Waals surface area contributed by atoms with E-state index in [0.717, 1.165) is 0 Å². The van der Waals surface area contributed by atoms with E-state index in [2.05, 4.69) is 4.84 Å². The molecule has 0 amide bonds. The molecule has 0 unspecified atom stereocenters. The molecule has 0 aromatic heterocycles. The smallest absolute Gasteiger partial charge is 0.338 e. The van der Waals surface area contributed by atoms with Crippen LogP contribution < -0.4 is 0 Å². The second-order valence-electron chi connectivity index (χ2n) is 4.99. The molecule has 2 rings (SSSR count). The van der Waals surface area contributed by atoms with Crippen LogP contribution in [-0.4, -0.2) is 45.4 Å². The number of hydrogen-bond acceptors (Lipinski definition) is 6. The van der Waals surface area contributed by atoms with Crippen LogP contribution in [0.1, 0.15) is 20.7 Å². The Labute approximate surface area is 145 Å². The molecule has 7 nitrogen and oxygen atoms in total. The molecule has 0 saturated heterocycles. The fraction of sp³-hybridized carbons (Fsp3) is 0.176. The van der Waals surface area contributed by atoms with Crippen molar-refractivity contribution in [3.8, 4) is 0 Å². The molecule has 0 N–H and O–H groups in total. The first-order chi connectivity index (χ1) is 11.9. The SMILES string of the molecule is CON(C)S(=O)(=O)c1ccc(C(=O)OCC(=O)c2ccccc2)cc1. The minimum atomic E-state index is -3.79. The number of esters is 1. The summed E-state index contributed by atoms with van der Waals surface area (Å²) in [4.78, 5) is 28.5. The zero-order valence-electron chi connectivity index (χ0n) is 13.7. The summed E-state index contributed by atoms with van der Waals surface area (Å²) in [6.07, 6.45) is 0. The molecule has 0 bridgehead atoms. The van der Waals surface area contributed by atoms with Crippen LogP contribution in [0.4, 0.5) is 0 Å². The summed E-state index contributed by atoms with van der Waals surface area (Å²) in [5.41, 5.74) is 0.583. The summed E-state index contributed by atoms with van der Waals surface area (Å²) in [7, 11) is -1.30. The van der Waals surface area contributed by atoms with Crippen LogP contribution in [0.5, 0.6) is 0 Å². The summed E-state index contributed by atoms with van der Waals surface area (Å²) in [6.45, 7) is -0.394. The number of benzene rings is 2. The van der Waals surface area contributed by atoms with Crippen molar-refractivity contribution in [3.63, 3.8) is 0 Å². The summed E-state index contributed by atoms with van der Waals surface area (Å²) in [5.74, 6) is -1.04. The number of hydroxylamine groups is 1. The summed E-state index contributed by atoms with van der Waals surface area (Å²) in [6, 6.07) is 13.6. The number of Topliss-reactive ketones (excluding diaryl/α,β-unsaturated/α-hetero) is 1. The Bertz CT molecular complexity index is 846. The standard InChI is InChI=1S/C17H17NO6S/c1-18(23-2)25(21,22)15-10-8-14(9-11-15)17(20)24-12-16(19)13-6-4-3-5-7-13/h3-11H,12H2,1-2H3. The zero-order chi connectivity index (χ0) is 18.4. The molecule has 25 heavy (non-hydrogen) atoms. The van der Waals surface area contributed by atoms with Crippen LogP contribution in [0.2, 0.25) is 0 Å². The van der Waals surface area contributed by atoms with E-state index >= 15 is 0 Å². The summed E-state index contributed by atoms with van der Waals surface area (Å²) < 4.78 is 29.8. The highest BCUT2D eigenvalue weighted by atomic mass is 32.2. The van der Waals surface area contributed by atoms with Crippen molar-refractivity contribution in [1.29, 1.82) is 0 Å². The van der Waals surface area contributed by atoms with E-state index in [4.69, 9.17) is 4.74 Å². The van der Waals surface area contributed by atoms with Gasteiger partial charge >= 0.3 is 5.97 Å². The van der Waals surface area contributed by atoms with Crippen LogP contribution in [0.15, 0.2) is 59.5 Å². The first-order valence-electron chi connectivity index (χ1n) is 7.24. The Balaban J connectivity index is 2.02. The number of ketones is 1. The molecular weight excluding hydrogens is 346 g/mol. The fourth-order valence-corrected chi connectivity index (χ4v) is 2.90.